The van der Waals surface area contributed by atoms with Crippen LogP contribution in [0.3, 0.4) is 0 Å². The first-order chi connectivity index (χ1) is 15.9. The normalized spacial score (nSPS) is 12.4. The molecule has 0 saturated carbocycles. The van der Waals surface area contributed by atoms with Gasteiger partial charge in [0.2, 0.25) is 5.91 Å². The van der Waals surface area contributed by atoms with Gasteiger partial charge in [-0.1, -0.05) is 12.1 Å². The lowest BCUT2D eigenvalue weighted by atomic mass is 10.0. The van der Waals surface area contributed by atoms with Gasteiger partial charge in [-0.25, -0.2) is 18.6 Å². The summed E-state index contributed by atoms with van der Waals surface area (Å²) >= 11 is 0. The predicted molar refractivity (Wildman–Crippen MR) is 123 cm³/mol. The van der Waals surface area contributed by atoms with Gasteiger partial charge in [-0.2, -0.15) is 0 Å². The number of nitrogens with zero attached hydrogens (tertiary/aromatic N) is 2. The molecule has 180 valence electrons. The molecule has 3 N–H and O–H groups in total. The van der Waals surface area contributed by atoms with Crippen molar-refractivity contribution in [3.05, 3.63) is 69.8 Å². The zero-order chi connectivity index (χ0) is 25.2. The second kappa shape index (κ2) is 9.58. The first-order valence-corrected chi connectivity index (χ1v) is 10.6. The van der Waals surface area contributed by atoms with Crippen LogP contribution < -0.4 is 16.6 Å². The van der Waals surface area contributed by atoms with E-state index in [4.69, 9.17) is 10.5 Å². The van der Waals surface area contributed by atoms with E-state index in [0.29, 0.717) is 17.1 Å². The maximum absolute atomic E-state index is 14.1. The van der Waals surface area contributed by atoms with Crippen molar-refractivity contribution in [2.75, 3.05) is 0 Å². The largest absolute Gasteiger partial charge is 0.444 e. The second-order valence-corrected chi connectivity index (χ2v) is 8.88. The number of nitrogens with two attached hydrogens (primary N) is 1. The molecule has 0 saturated heterocycles. The Balaban J connectivity index is 2.23. The van der Waals surface area contributed by atoms with Crippen LogP contribution in [0.25, 0.3) is 16.6 Å². The molecule has 1 atom stereocenters. The van der Waals surface area contributed by atoms with Crippen molar-refractivity contribution < 1.29 is 23.1 Å². The highest BCUT2D eigenvalue weighted by Crippen LogP contribution is 2.22. The number of primary amides is 1. The van der Waals surface area contributed by atoms with Crippen molar-refractivity contribution >= 4 is 22.9 Å². The number of alkyl carbamates (subject to hydrolysis) is 1. The lowest BCUT2D eigenvalue weighted by Crippen LogP contribution is -2.37. The molecule has 2 aromatic carbocycles. The zero-order valence-corrected chi connectivity index (χ0v) is 19.3. The minimum atomic E-state index is -0.886. The topological polar surface area (TPSA) is 116 Å². The maximum Gasteiger partial charge on any atom is 0.408 e. The Bertz CT molecular complexity index is 1290. The number of carbonyl (C=O) groups excluding carboxylic acids is 2. The monoisotopic (exact) mass is 472 g/mol. The van der Waals surface area contributed by atoms with E-state index < -0.39 is 40.8 Å². The van der Waals surface area contributed by atoms with Crippen molar-refractivity contribution in [1.82, 2.24) is 14.9 Å². The van der Waals surface area contributed by atoms with E-state index in [2.05, 4.69) is 10.3 Å². The van der Waals surface area contributed by atoms with Crippen LogP contribution in [0.15, 0.2) is 41.2 Å². The molecule has 0 aliphatic heterocycles. The first-order valence-electron chi connectivity index (χ1n) is 10.6. The summed E-state index contributed by atoms with van der Waals surface area (Å²) < 4.78 is 34.4. The van der Waals surface area contributed by atoms with Gasteiger partial charge in [0.25, 0.3) is 5.56 Å². The number of benzene rings is 2. The van der Waals surface area contributed by atoms with Gasteiger partial charge < -0.3 is 15.8 Å². The molecule has 3 rings (SSSR count). The third-order valence-electron chi connectivity index (χ3n) is 4.88. The summed E-state index contributed by atoms with van der Waals surface area (Å²) in [6, 6.07) is 6.74. The molecular formula is C24H26F2N4O4. The summed E-state index contributed by atoms with van der Waals surface area (Å²) in [6.07, 6.45) is -0.556. The molecule has 0 aliphatic rings. The summed E-state index contributed by atoms with van der Waals surface area (Å²) in [7, 11) is 0. The van der Waals surface area contributed by atoms with E-state index in [1.54, 1.807) is 45.9 Å². The fourth-order valence-corrected chi connectivity index (χ4v) is 3.54. The third kappa shape index (κ3) is 5.75. The molecule has 0 aliphatic carbocycles. The molecule has 0 spiro atoms. The van der Waals surface area contributed by atoms with E-state index in [1.807, 2.05) is 0 Å². The molecule has 10 heteroatoms. The minimum Gasteiger partial charge on any atom is -0.444 e. The second-order valence-electron chi connectivity index (χ2n) is 8.88. The third-order valence-corrected chi connectivity index (χ3v) is 4.88. The Morgan fingerprint density at radius 2 is 1.82 bits per heavy atom. The van der Waals surface area contributed by atoms with E-state index in [9.17, 15) is 23.2 Å². The van der Waals surface area contributed by atoms with Gasteiger partial charge in [0.1, 0.15) is 23.1 Å². The summed E-state index contributed by atoms with van der Waals surface area (Å²) in [5.41, 5.74) is 4.60. The molecule has 8 nitrogen and oxygen atoms in total. The summed E-state index contributed by atoms with van der Waals surface area (Å²) in [6.45, 7) is 6.67. The van der Waals surface area contributed by atoms with E-state index in [0.717, 1.165) is 16.7 Å². The Kier molecular flexibility index (Phi) is 6.99. The van der Waals surface area contributed by atoms with Crippen LogP contribution in [0.4, 0.5) is 13.6 Å². The Morgan fingerprint density at radius 1 is 1.18 bits per heavy atom. The highest BCUT2D eigenvalue weighted by atomic mass is 19.1. The lowest BCUT2D eigenvalue weighted by molar-refractivity contribution is -0.117. The number of hydrogen-bond donors (Lipinski definition) is 2. The van der Waals surface area contributed by atoms with Gasteiger partial charge in [0.15, 0.2) is 0 Å². The maximum atomic E-state index is 14.1. The van der Waals surface area contributed by atoms with Crippen molar-refractivity contribution in [2.45, 2.75) is 52.2 Å². The fraction of sp³-hybridized carbons (Fsp3) is 0.333. The molecule has 1 heterocycles. The highest BCUT2D eigenvalue weighted by molar-refractivity contribution is 5.83. The molecule has 0 fully saturated rings. The average molecular weight is 472 g/mol. The van der Waals surface area contributed by atoms with Crippen LogP contribution in [0.2, 0.25) is 0 Å². The number of aryl methyl sites for hydroxylation is 1. The van der Waals surface area contributed by atoms with Gasteiger partial charge in [-0.3, -0.25) is 14.2 Å². The Labute approximate surface area is 194 Å². The Morgan fingerprint density at radius 3 is 2.41 bits per heavy atom. The van der Waals surface area contributed by atoms with Crippen LogP contribution in [-0.4, -0.2) is 27.2 Å². The van der Waals surface area contributed by atoms with Crippen LogP contribution in [0.5, 0.6) is 0 Å². The summed E-state index contributed by atoms with van der Waals surface area (Å²) in [5.74, 6) is -2.27. The number of hydrogen-bond acceptors (Lipinski definition) is 5. The number of ether oxygens (including phenoxy) is 1. The standard InChI is InChI=1S/C24H26F2N4O4/c1-13(28-23(33)34-24(2,3)4)21-29-18-7-5-6-14(8-9-19(27)31)20(18)22(32)30(21)17-11-15(25)10-16(26)12-17/h5-7,10-13H,8-9H2,1-4H3,(H2,27,31)(H,28,33)/t13-/m0/s1. The Hall–Kier alpha value is -3.82. The van der Waals surface area contributed by atoms with E-state index >= 15 is 0 Å². The van der Waals surface area contributed by atoms with Crippen LogP contribution >= 0.6 is 0 Å². The molecular weight excluding hydrogens is 446 g/mol. The highest BCUT2D eigenvalue weighted by Gasteiger charge is 2.24. The van der Waals surface area contributed by atoms with Gasteiger partial charge in [-0.05, 0) is 57.9 Å². The number of rotatable bonds is 6. The molecule has 0 bridgehead atoms. The van der Waals surface area contributed by atoms with Crippen molar-refractivity contribution in [1.29, 1.82) is 0 Å². The number of fused-ring (bicyclic) bond motifs is 1. The van der Waals surface area contributed by atoms with Gasteiger partial charge in [0, 0.05) is 12.5 Å². The number of carbonyl (C=O) groups is 2. The fourth-order valence-electron chi connectivity index (χ4n) is 3.54. The molecule has 0 radical (unpaired) electrons. The quantitative estimate of drug-likeness (QED) is 0.568. The van der Waals surface area contributed by atoms with Gasteiger partial charge in [0.05, 0.1) is 22.6 Å². The molecule has 2 amide bonds. The van der Waals surface area contributed by atoms with Gasteiger partial charge >= 0.3 is 6.09 Å². The molecule has 34 heavy (non-hydrogen) atoms. The minimum absolute atomic E-state index is 0.00546. The number of aromatic nitrogens is 2. The number of nitrogens with one attached hydrogen (secondary N) is 1. The smallest absolute Gasteiger partial charge is 0.408 e. The van der Waals surface area contributed by atoms with Crippen molar-refractivity contribution in [2.24, 2.45) is 5.73 Å². The number of amides is 2. The van der Waals surface area contributed by atoms with Crippen molar-refractivity contribution in [3.63, 3.8) is 0 Å². The van der Waals surface area contributed by atoms with Crippen molar-refractivity contribution in [3.8, 4) is 5.69 Å². The molecule has 0 unspecified atom stereocenters. The van der Waals surface area contributed by atoms with E-state index in [-0.39, 0.29) is 29.7 Å². The lowest BCUT2D eigenvalue weighted by Gasteiger charge is -2.23. The zero-order valence-electron chi connectivity index (χ0n) is 19.3. The number of halogens is 2. The van der Waals surface area contributed by atoms with Crippen LogP contribution in [0.1, 0.15) is 51.5 Å². The first kappa shape index (κ1) is 24.8. The summed E-state index contributed by atoms with van der Waals surface area (Å²) in [5, 5.41) is 2.79. The SMILES string of the molecule is C[C@H](NC(=O)OC(C)(C)C)c1nc2cccc(CCC(N)=O)c2c(=O)n1-c1cc(F)cc(F)c1. The predicted octanol–water partition coefficient (Wildman–Crippen LogP) is 3.67. The average Bonchev–Trinajstić information content (AvgIpc) is 2.69. The molecule has 1 aromatic heterocycles. The molecule has 3 aromatic rings. The van der Waals surface area contributed by atoms with Crippen LogP contribution in [0, 0.1) is 11.6 Å². The van der Waals surface area contributed by atoms with Crippen LogP contribution in [-0.2, 0) is 16.0 Å². The summed E-state index contributed by atoms with van der Waals surface area (Å²) in [4.78, 5) is 41.8. The van der Waals surface area contributed by atoms with E-state index in [1.165, 1.54) is 0 Å². The van der Waals surface area contributed by atoms with Gasteiger partial charge in [-0.15, -0.1) is 0 Å².